The van der Waals surface area contributed by atoms with E-state index in [1.165, 1.54) is 0 Å². The minimum absolute atomic E-state index is 0.342. The third kappa shape index (κ3) is 4.71. The lowest BCUT2D eigenvalue weighted by Crippen LogP contribution is -2.27. The van der Waals surface area contributed by atoms with Crippen molar-refractivity contribution in [2.75, 3.05) is 0 Å². The molecule has 0 aliphatic heterocycles. The number of hydrogen-bond acceptors (Lipinski definition) is 3. The maximum atomic E-state index is 12.1. The average Bonchev–Trinajstić information content (AvgIpc) is 2.27. The molecule has 1 rings (SSSR count). The molecule has 100 valence electrons. The smallest absolute Gasteiger partial charge is 0.144 e. The van der Waals surface area contributed by atoms with Crippen molar-refractivity contribution in [1.29, 1.82) is 0 Å². The third-order valence-electron chi connectivity index (χ3n) is 2.21. The van der Waals surface area contributed by atoms with E-state index in [1.807, 2.05) is 39.0 Å². The molecule has 0 bridgehead atoms. The normalized spacial score (nSPS) is 14.7. The second-order valence-corrected chi connectivity index (χ2v) is 7.71. The Hall–Kier alpha value is -0.390. The maximum Gasteiger partial charge on any atom is 0.144 e. The van der Waals surface area contributed by atoms with Gasteiger partial charge in [0.1, 0.15) is 26.4 Å². The summed E-state index contributed by atoms with van der Waals surface area (Å²) in [5.74, 6) is 0. The Kier molecular flexibility index (Phi) is 5.82. The highest BCUT2D eigenvalue weighted by Gasteiger charge is 2.27. The van der Waals surface area contributed by atoms with E-state index >= 15 is 0 Å². The molecule has 0 aliphatic rings. The summed E-state index contributed by atoms with van der Waals surface area (Å²) in [6.07, 6.45) is 1.74. The van der Waals surface area contributed by atoms with E-state index in [0.717, 1.165) is 28.9 Å². The van der Waals surface area contributed by atoms with E-state index in [4.69, 9.17) is 0 Å². The first-order chi connectivity index (χ1) is 8.34. The molecule has 0 aliphatic carbocycles. The van der Waals surface area contributed by atoms with Crippen LogP contribution < -0.4 is 0 Å². The standard InChI is InChI=1S/C13H19BrN2OS/c1-5-7-11(16-18(17)13(2,3)4)10-8-6-9-12(14)15-10/h6,8-9H,5,7H2,1-4H3/t18-/m1/s1. The van der Waals surface area contributed by atoms with Crippen molar-refractivity contribution >= 4 is 33.0 Å². The lowest BCUT2D eigenvalue weighted by atomic mass is 10.1. The third-order valence-corrected chi connectivity index (χ3v) is 4.09. The Morgan fingerprint density at radius 3 is 2.61 bits per heavy atom. The Morgan fingerprint density at radius 1 is 1.44 bits per heavy atom. The van der Waals surface area contributed by atoms with Crippen molar-refractivity contribution in [3.8, 4) is 0 Å². The highest BCUT2D eigenvalue weighted by Crippen LogP contribution is 2.19. The van der Waals surface area contributed by atoms with Crippen molar-refractivity contribution in [1.82, 2.24) is 4.98 Å². The highest BCUT2D eigenvalue weighted by molar-refractivity contribution is 9.10. The minimum Gasteiger partial charge on any atom is -0.591 e. The Bertz CT molecular complexity index is 429. The van der Waals surface area contributed by atoms with Crippen LogP contribution in [-0.4, -0.2) is 20.0 Å². The molecule has 1 atom stereocenters. The van der Waals surface area contributed by atoms with Crippen molar-refractivity contribution in [3.63, 3.8) is 0 Å². The number of halogens is 1. The molecule has 18 heavy (non-hydrogen) atoms. The molecule has 0 spiro atoms. The predicted molar refractivity (Wildman–Crippen MR) is 81.3 cm³/mol. The van der Waals surface area contributed by atoms with Crippen molar-refractivity contribution in [2.45, 2.75) is 45.3 Å². The molecule has 0 radical (unpaired) electrons. The van der Waals surface area contributed by atoms with E-state index < -0.39 is 11.4 Å². The summed E-state index contributed by atoms with van der Waals surface area (Å²) in [5.41, 5.74) is 1.61. The second kappa shape index (κ2) is 6.68. The SMILES string of the molecule is CCCC(=N[S@+]([O-])C(C)(C)C)c1cccc(Br)n1. The van der Waals surface area contributed by atoms with Gasteiger partial charge in [-0.15, -0.1) is 0 Å². The van der Waals surface area contributed by atoms with Gasteiger partial charge < -0.3 is 4.55 Å². The molecular formula is C13H19BrN2OS. The van der Waals surface area contributed by atoms with Gasteiger partial charge in [-0.1, -0.05) is 23.8 Å². The largest absolute Gasteiger partial charge is 0.591 e. The summed E-state index contributed by atoms with van der Waals surface area (Å²) in [4.78, 5) is 4.38. The number of hydrogen-bond donors (Lipinski definition) is 0. The van der Waals surface area contributed by atoms with E-state index in [2.05, 4.69) is 32.2 Å². The molecule has 0 unspecified atom stereocenters. The van der Waals surface area contributed by atoms with Gasteiger partial charge in [0.2, 0.25) is 0 Å². The van der Waals surface area contributed by atoms with E-state index in [-0.39, 0.29) is 4.75 Å². The number of rotatable bonds is 4. The molecule has 0 amide bonds. The van der Waals surface area contributed by atoms with Crippen molar-refractivity contribution in [3.05, 3.63) is 28.5 Å². The average molecular weight is 331 g/mol. The topological polar surface area (TPSA) is 48.3 Å². The first-order valence-corrected chi connectivity index (χ1v) is 7.87. The molecule has 0 N–H and O–H groups in total. The van der Waals surface area contributed by atoms with Crippen LogP contribution in [0.1, 0.15) is 46.2 Å². The van der Waals surface area contributed by atoms with E-state index in [9.17, 15) is 4.55 Å². The Morgan fingerprint density at radius 2 is 2.11 bits per heavy atom. The monoisotopic (exact) mass is 330 g/mol. The van der Waals surface area contributed by atoms with Crippen molar-refractivity contribution in [2.24, 2.45) is 4.40 Å². The molecule has 0 saturated carbocycles. The van der Waals surface area contributed by atoms with Crippen LogP contribution in [0, 0.1) is 0 Å². The molecule has 1 heterocycles. The second-order valence-electron chi connectivity index (χ2n) is 5.00. The summed E-state index contributed by atoms with van der Waals surface area (Å²) < 4.78 is 16.9. The first kappa shape index (κ1) is 15.7. The van der Waals surface area contributed by atoms with Crippen LogP contribution in [0.15, 0.2) is 27.2 Å². The van der Waals surface area contributed by atoms with Gasteiger partial charge >= 0.3 is 0 Å². The molecular weight excluding hydrogens is 312 g/mol. The quantitative estimate of drug-likeness (QED) is 0.477. The van der Waals surface area contributed by atoms with Gasteiger partial charge in [-0.05, 0) is 55.3 Å². The fourth-order valence-corrected chi connectivity index (χ4v) is 2.27. The van der Waals surface area contributed by atoms with Crippen LogP contribution >= 0.6 is 15.9 Å². The fraction of sp³-hybridized carbons (Fsp3) is 0.538. The molecule has 1 aromatic heterocycles. The number of nitrogens with zero attached hydrogens (tertiary/aromatic N) is 2. The van der Waals surface area contributed by atoms with Gasteiger partial charge in [0.25, 0.3) is 0 Å². The van der Waals surface area contributed by atoms with Crippen molar-refractivity contribution < 1.29 is 4.55 Å². The predicted octanol–water partition coefficient (Wildman–Crippen LogP) is 3.90. The first-order valence-electron chi connectivity index (χ1n) is 5.97. The lowest BCUT2D eigenvalue weighted by molar-refractivity contribution is 0.561. The van der Waals surface area contributed by atoms with Crippen LogP contribution in [0.4, 0.5) is 0 Å². The molecule has 5 heteroatoms. The van der Waals surface area contributed by atoms with Crippen LogP contribution in [-0.2, 0) is 11.4 Å². The fourth-order valence-electron chi connectivity index (χ4n) is 1.26. The number of pyridine rings is 1. The molecule has 1 aromatic rings. The summed E-state index contributed by atoms with van der Waals surface area (Å²) in [6.45, 7) is 7.84. The van der Waals surface area contributed by atoms with Gasteiger partial charge in [0, 0.05) is 0 Å². The zero-order valence-corrected chi connectivity index (χ0v) is 13.6. The van der Waals surface area contributed by atoms with E-state index in [1.54, 1.807) is 0 Å². The zero-order valence-electron chi connectivity index (χ0n) is 11.2. The van der Waals surface area contributed by atoms with Gasteiger partial charge in [-0.2, -0.15) is 0 Å². The maximum absolute atomic E-state index is 12.1. The molecule has 3 nitrogen and oxygen atoms in total. The Labute approximate surface area is 121 Å². The number of aromatic nitrogens is 1. The summed E-state index contributed by atoms with van der Waals surface area (Å²) >= 11 is 2.10. The lowest BCUT2D eigenvalue weighted by Gasteiger charge is -2.19. The van der Waals surface area contributed by atoms with Gasteiger partial charge in [0.05, 0.1) is 5.69 Å². The van der Waals surface area contributed by atoms with Gasteiger partial charge in [-0.25, -0.2) is 4.98 Å². The van der Waals surface area contributed by atoms with Crippen LogP contribution in [0.3, 0.4) is 0 Å². The van der Waals surface area contributed by atoms with Gasteiger partial charge in [-0.3, -0.25) is 0 Å². The summed E-state index contributed by atoms with van der Waals surface area (Å²) in [6, 6.07) is 5.69. The Balaban J connectivity index is 3.06. The molecule has 0 saturated heterocycles. The molecule has 0 fully saturated rings. The summed E-state index contributed by atoms with van der Waals surface area (Å²) in [5, 5.41) is 0. The van der Waals surface area contributed by atoms with Crippen LogP contribution in [0.2, 0.25) is 0 Å². The molecule has 0 aromatic carbocycles. The minimum atomic E-state index is -1.24. The van der Waals surface area contributed by atoms with Crippen LogP contribution in [0.25, 0.3) is 0 Å². The zero-order chi connectivity index (χ0) is 13.8. The van der Waals surface area contributed by atoms with Gasteiger partial charge in [0.15, 0.2) is 0 Å². The van der Waals surface area contributed by atoms with E-state index in [0.29, 0.717) is 0 Å². The summed E-state index contributed by atoms with van der Waals surface area (Å²) in [7, 11) is 0. The highest BCUT2D eigenvalue weighted by atomic mass is 79.9. The van der Waals surface area contributed by atoms with Crippen LogP contribution in [0.5, 0.6) is 0 Å².